The molecular weight excluding hydrogens is 299 g/mol. The Labute approximate surface area is 119 Å². The van der Waals surface area contributed by atoms with Crippen LogP contribution in [0.1, 0.15) is 16.4 Å². The first-order valence-corrected chi connectivity index (χ1v) is 6.23. The third-order valence-corrected chi connectivity index (χ3v) is 3.06. The minimum absolute atomic E-state index is 0.214. The number of carbonyl (C=O) groups excluding carboxylic acids is 1. The molecule has 0 aliphatic heterocycles. The third-order valence-electron chi connectivity index (χ3n) is 2.33. The molecule has 0 saturated carbocycles. The quantitative estimate of drug-likeness (QED) is 0.490. The molecule has 0 aromatic heterocycles. The molecule has 0 fully saturated rings. The van der Waals surface area contributed by atoms with Crippen LogP contribution in [0.25, 0.3) is 0 Å². The summed E-state index contributed by atoms with van der Waals surface area (Å²) in [6.07, 6.45) is -3.21. The fourth-order valence-electron chi connectivity index (χ4n) is 1.49. The number of rotatable bonds is 4. The molecule has 0 bridgehead atoms. The van der Waals surface area contributed by atoms with Crippen LogP contribution in [0.3, 0.4) is 0 Å². The topological polar surface area (TPSA) is 29.1 Å². The monoisotopic (exact) mass is 309 g/mol. The van der Waals surface area contributed by atoms with Crippen molar-refractivity contribution >= 4 is 35.8 Å². The number of carbonyl (C=O) groups is 1. The number of anilines is 1. The van der Waals surface area contributed by atoms with E-state index < -0.39 is 28.8 Å². The third kappa shape index (κ3) is 3.91. The highest BCUT2D eigenvalue weighted by Crippen LogP contribution is 2.40. The van der Waals surface area contributed by atoms with Crippen LogP contribution in [0.4, 0.5) is 18.9 Å². The molecule has 104 valence electrons. The van der Waals surface area contributed by atoms with Crippen molar-refractivity contribution in [2.75, 3.05) is 11.2 Å². The molecule has 2 nitrogen and oxygen atoms in total. The summed E-state index contributed by atoms with van der Waals surface area (Å²) in [5.41, 5.74) is -1.06. The second kappa shape index (κ2) is 6.34. The van der Waals surface area contributed by atoms with Crippen LogP contribution in [-0.2, 0) is 11.0 Å². The number of hydrogen-bond donors (Lipinski definition) is 2. The highest BCUT2D eigenvalue weighted by atomic mass is 35.5. The van der Waals surface area contributed by atoms with Gasteiger partial charge in [0.15, 0.2) is 0 Å². The number of hydrogen-bond acceptors (Lipinski definition) is 2. The SMILES string of the molecule is C=CC(S)c1cccc(C(F)(F)F)c1NC(=O)CCl. The summed E-state index contributed by atoms with van der Waals surface area (Å²) in [7, 11) is 0. The zero-order valence-corrected chi connectivity index (χ0v) is 11.3. The van der Waals surface area contributed by atoms with Crippen molar-refractivity contribution < 1.29 is 18.0 Å². The van der Waals surface area contributed by atoms with Gasteiger partial charge in [-0.1, -0.05) is 18.2 Å². The average molecular weight is 310 g/mol. The van der Waals surface area contributed by atoms with E-state index in [1.54, 1.807) is 0 Å². The maximum Gasteiger partial charge on any atom is 0.418 e. The van der Waals surface area contributed by atoms with E-state index in [0.717, 1.165) is 6.07 Å². The van der Waals surface area contributed by atoms with Crippen LogP contribution >= 0.6 is 24.2 Å². The van der Waals surface area contributed by atoms with E-state index in [-0.39, 0.29) is 11.3 Å². The van der Waals surface area contributed by atoms with Gasteiger partial charge in [-0.3, -0.25) is 4.79 Å². The van der Waals surface area contributed by atoms with Gasteiger partial charge in [0.1, 0.15) is 5.88 Å². The number of para-hydroxylation sites is 1. The van der Waals surface area contributed by atoms with Crippen LogP contribution < -0.4 is 5.32 Å². The minimum Gasteiger partial charge on any atom is -0.324 e. The first-order valence-electron chi connectivity index (χ1n) is 5.17. The first-order chi connectivity index (χ1) is 8.81. The normalized spacial score (nSPS) is 12.9. The summed E-state index contributed by atoms with van der Waals surface area (Å²) in [6.45, 7) is 3.47. The molecular formula is C12H11ClF3NOS. The molecule has 0 aliphatic rings. The lowest BCUT2D eigenvalue weighted by Crippen LogP contribution is -2.19. The van der Waals surface area contributed by atoms with Gasteiger partial charge in [-0.15, -0.1) is 18.2 Å². The van der Waals surface area contributed by atoms with E-state index in [2.05, 4.69) is 24.5 Å². The first kappa shape index (κ1) is 15.9. The maximum atomic E-state index is 12.9. The minimum atomic E-state index is -4.58. The van der Waals surface area contributed by atoms with E-state index in [1.165, 1.54) is 18.2 Å². The molecule has 1 atom stereocenters. The van der Waals surface area contributed by atoms with E-state index >= 15 is 0 Å². The van der Waals surface area contributed by atoms with E-state index in [4.69, 9.17) is 11.6 Å². The van der Waals surface area contributed by atoms with Crippen molar-refractivity contribution in [2.45, 2.75) is 11.4 Å². The van der Waals surface area contributed by atoms with Crippen LogP contribution in [-0.4, -0.2) is 11.8 Å². The second-order valence-corrected chi connectivity index (χ2v) is 4.45. The van der Waals surface area contributed by atoms with Crippen LogP contribution in [0.5, 0.6) is 0 Å². The Hall–Kier alpha value is -1.14. The summed E-state index contributed by atoms with van der Waals surface area (Å²) in [4.78, 5) is 11.3. The van der Waals surface area contributed by atoms with Gasteiger partial charge in [-0.25, -0.2) is 0 Å². The molecule has 1 unspecified atom stereocenters. The Balaban J connectivity index is 3.40. The fraction of sp³-hybridized carbons (Fsp3) is 0.250. The summed E-state index contributed by atoms with van der Waals surface area (Å²) < 4.78 is 38.7. The standard InChI is InChI=1S/C12H11ClF3NOS/c1-2-9(19)7-4-3-5-8(12(14,15)16)11(7)17-10(18)6-13/h2-5,9,19H,1,6H2,(H,17,18). The molecule has 1 aromatic rings. The van der Waals surface area contributed by atoms with Gasteiger partial charge in [0.2, 0.25) is 5.91 Å². The Morgan fingerprint density at radius 2 is 2.16 bits per heavy atom. The molecule has 1 aromatic carbocycles. The van der Waals surface area contributed by atoms with Gasteiger partial charge in [0.05, 0.1) is 11.3 Å². The molecule has 0 radical (unpaired) electrons. The van der Waals surface area contributed by atoms with Crippen LogP contribution in [0.2, 0.25) is 0 Å². The Kier molecular flexibility index (Phi) is 5.31. The average Bonchev–Trinajstić information content (AvgIpc) is 2.36. The van der Waals surface area contributed by atoms with Gasteiger partial charge in [-0.2, -0.15) is 25.8 Å². The van der Waals surface area contributed by atoms with E-state index in [0.29, 0.717) is 0 Å². The summed E-state index contributed by atoms with van der Waals surface area (Å²) in [5, 5.41) is 1.53. The predicted octanol–water partition coefficient (Wildman–Crippen LogP) is 4.04. The van der Waals surface area contributed by atoms with Crippen molar-refractivity contribution in [1.29, 1.82) is 0 Å². The number of halogens is 4. The maximum absolute atomic E-state index is 12.9. The molecule has 0 saturated heterocycles. The Morgan fingerprint density at radius 3 is 2.63 bits per heavy atom. The lowest BCUT2D eigenvalue weighted by atomic mass is 10.0. The predicted molar refractivity (Wildman–Crippen MR) is 72.7 cm³/mol. The van der Waals surface area contributed by atoms with Gasteiger partial charge >= 0.3 is 6.18 Å². The van der Waals surface area contributed by atoms with Crippen molar-refractivity contribution in [1.82, 2.24) is 0 Å². The summed E-state index contributed by atoms with van der Waals surface area (Å²) in [5.74, 6) is -1.15. The molecule has 1 N–H and O–H groups in total. The highest BCUT2D eigenvalue weighted by Gasteiger charge is 2.35. The number of thiol groups is 1. The number of benzene rings is 1. The van der Waals surface area contributed by atoms with Crippen LogP contribution in [0, 0.1) is 0 Å². The highest BCUT2D eigenvalue weighted by molar-refractivity contribution is 7.80. The van der Waals surface area contributed by atoms with Gasteiger partial charge in [-0.05, 0) is 11.6 Å². The molecule has 1 rings (SSSR count). The number of nitrogens with one attached hydrogen (secondary N) is 1. The van der Waals surface area contributed by atoms with Gasteiger partial charge < -0.3 is 5.32 Å². The zero-order valence-electron chi connectivity index (χ0n) is 9.67. The molecule has 0 aliphatic carbocycles. The molecule has 19 heavy (non-hydrogen) atoms. The molecule has 7 heteroatoms. The van der Waals surface area contributed by atoms with E-state index in [1.807, 2.05) is 0 Å². The number of alkyl halides is 4. The van der Waals surface area contributed by atoms with E-state index in [9.17, 15) is 18.0 Å². The summed E-state index contributed by atoms with van der Waals surface area (Å²) in [6, 6.07) is 3.58. The zero-order chi connectivity index (χ0) is 14.6. The van der Waals surface area contributed by atoms with Gasteiger partial charge in [0.25, 0.3) is 0 Å². The van der Waals surface area contributed by atoms with Gasteiger partial charge in [0, 0.05) is 5.25 Å². The lowest BCUT2D eigenvalue weighted by molar-refractivity contribution is -0.137. The fourth-order valence-corrected chi connectivity index (χ4v) is 1.77. The van der Waals surface area contributed by atoms with Crippen molar-refractivity contribution in [3.05, 3.63) is 42.0 Å². The Morgan fingerprint density at radius 1 is 1.53 bits per heavy atom. The molecule has 0 spiro atoms. The van der Waals surface area contributed by atoms with Crippen molar-refractivity contribution in [3.8, 4) is 0 Å². The second-order valence-electron chi connectivity index (χ2n) is 3.63. The Bertz CT molecular complexity index is 490. The van der Waals surface area contributed by atoms with Crippen LogP contribution in [0.15, 0.2) is 30.9 Å². The molecule has 1 amide bonds. The number of amides is 1. The largest absolute Gasteiger partial charge is 0.418 e. The lowest BCUT2D eigenvalue weighted by Gasteiger charge is -2.19. The smallest absolute Gasteiger partial charge is 0.324 e. The van der Waals surface area contributed by atoms with Crippen molar-refractivity contribution in [3.63, 3.8) is 0 Å². The summed E-state index contributed by atoms with van der Waals surface area (Å²) >= 11 is 9.42. The van der Waals surface area contributed by atoms with Crippen molar-refractivity contribution in [2.24, 2.45) is 0 Å². The molecule has 0 heterocycles.